The van der Waals surface area contributed by atoms with Crippen LogP contribution in [0.15, 0.2) is 24.5 Å². The fourth-order valence-corrected chi connectivity index (χ4v) is 3.85. The lowest BCUT2D eigenvalue weighted by Gasteiger charge is -2.36. The second-order valence-corrected chi connectivity index (χ2v) is 7.34. The van der Waals surface area contributed by atoms with Crippen molar-refractivity contribution in [2.75, 3.05) is 44.8 Å². The molecule has 0 N–H and O–H groups in total. The van der Waals surface area contributed by atoms with Gasteiger partial charge in [-0.3, -0.25) is 4.79 Å². The molecule has 10 heteroatoms. The van der Waals surface area contributed by atoms with Crippen LogP contribution in [0.3, 0.4) is 0 Å². The number of hydrogen-bond acceptors (Lipinski definition) is 7. The van der Waals surface area contributed by atoms with Gasteiger partial charge in [0.25, 0.3) is 11.7 Å². The van der Waals surface area contributed by atoms with Gasteiger partial charge in [0.15, 0.2) is 11.5 Å². The highest BCUT2D eigenvalue weighted by molar-refractivity contribution is 6.32. The minimum atomic E-state index is -0.0882. The highest BCUT2D eigenvalue weighted by Gasteiger charge is 2.25. The zero-order chi connectivity index (χ0) is 21.3. The third-order valence-corrected chi connectivity index (χ3v) is 5.30. The van der Waals surface area contributed by atoms with Crippen LogP contribution < -0.4 is 14.4 Å². The number of aryl methyl sites for hydroxylation is 1. The smallest absolute Gasteiger partial charge is 0.254 e. The predicted molar refractivity (Wildman–Crippen MR) is 113 cm³/mol. The summed E-state index contributed by atoms with van der Waals surface area (Å²) in [6.07, 6.45) is 1.49. The Balaban J connectivity index is 1.51. The van der Waals surface area contributed by atoms with Gasteiger partial charge in [-0.2, -0.15) is 14.6 Å². The van der Waals surface area contributed by atoms with Crippen molar-refractivity contribution in [3.63, 3.8) is 0 Å². The first-order valence-corrected chi connectivity index (χ1v) is 10.1. The van der Waals surface area contributed by atoms with Gasteiger partial charge in [-0.25, -0.2) is 4.98 Å². The van der Waals surface area contributed by atoms with E-state index in [1.54, 1.807) is 16.6 Å². The number of fused-ring (bicyclic) bond motifs is 1. The molecule has 0 bridgehead atoms. The maximum Gasteiger partial charge on any atom is 0.254 e. The Morgan fingerprint density at radius 2 is 1.97 bits per heavy atom. The number of amides is 1. The number of halogens is 1. The fraction of sp³-hybridized carbons (Fsp3) is 0.400. The lowest BCUT2D eigenvalue weighted by atomic mass is 10.1. The molecule has 0 unspecified atom stereocenters. The maximum atomic E-state index is 13.1. The van der Waals surface area contributed by atoms with Crippen LogP contribution in [0.5, 0.6) is 11.5 Å². The summed E-state index contributed by atoms with van der Waals surface area (Å²) in [6, 6.07) is 5.29. The Morgan fingerprint density at radius 3 is 2.67 bits per heavy atom. The van der Waals surface area contributed by atoms with Crippen molar-refractivity contribution in [3.8, 4) is 11.5 Å². The Hall–Kier alpha value is -3.07. The number of anilines is 1. The van der Waals surface area contributed by atoms with Crippen molar-refractivity contribution in [3.05, 3.63) is 40.8 Å². The van der Waals surface area contributed by atoms with Crippen LogP contribution in [0.1, 0.15) is 23.0 Å². The van der Waals surface area contributed by atoms with Crippen molar-refractivity contribution in [1.29, 1.82) is 0 Å². The van der Waals surface area contributed by atoms with Crippen LogP contribution in [0.25, 0.3) is 5.78 Å². The molecule has 1 fully saturated rings. The predicted octanol–water partition coefficient (Wildman–Crippen LogP) is 2.46. The molecule has 1 aliphatic heterocycles. The summed E-state index contributed by atoms with van der Waals surface area (Å²) in [5.41, 5.74) is 1.35. The molecule has 30 heavy (non-hydrogen) atoms. The van der Waals surface area contributed by atoms with Crippen molar-refractivity contribution >= 4 is 29.1 Å². The topological polar surface area (TPSA) is 85.1 Å². The minimum Gasteiger partial charge on any atom is -0.493 e. The van der Waals surface area contributed by atoms with Crippen LogP contribution in [0.2, 0.25) is 5.02 Å². The van der Waals surface area contributed by atoms with Crippen LogP contribution in [-0.2, 0) is 0 Å². The number of methoxy groups -OCH3 is 1. The van der Waals surface area contributed by atoms with E-state index < -0.39 is 0 Å². The standard InChI is InChI=1S/C20H23ClN6O3/c1-4-30-18-15(21)10-14(11-16(18)29-3)19(28)26-7-5-25(6-8-26)17-9-13(2)24-20-22-12-23-27(17)20/h9-12H,4-8H2,1-3H3. The molecule has 1 amide bonds. The molecule has 4 rings (SSSR count). The first-order chi connectivity index (χ1) is 14.5. The summed E-state index contributed by atoms with van der Waals surface area (Å²) < 4.78 is 12.6. The third kappa shape index (κ3) is 3.72. The van der Waals surface area contributed by atoms with E-state index in [1.165, 1.54) is 13.4 Å². The van der Waals surface area contributed by atoms with Crippen molar-refractivity contribution in [2.24, 2.45) is 0 Å². The van der Waals surface area contributed by atoms with E-state index in [4.69, 9.17) is 21.1 Å². The van der Waals surface area contributed by atoms with Crippen LogP contribution in [0, 0.1) is 6.92 Å². The fourth-order valence-electron chi connectivity index (χ4n) is 3.59. The first kappa shape index (κ1) is 20.2. The SMILES string of the molecule is CCOc1c(Cl)cc(C(=O)N2CCN(c3cc(C)nc4ncnn34)CC2)cc1OC. The number of rotatable bonds is 5. The molecule has 0 saturated carbocycles. The van der Waals surface area contributed by atoms with Crippen LogP contribution >= 0.6 is 11.6 Å². The number of aromatic nitrogens is 4. The van der Waals surface area contributed by atoms with E-state index in [0.717, 1.165) is 11.5 Å². The van der Waals surface area contributed by atoms with Gasteiger partial charge in [0.1, 0.15) is 12.1 Å². The van der Waals surface area contributed by atoms with Gasteiger partial charge >= 0.3 is 0 Å². The highest BCUT2D eigenvalue weighted by atomic mass is 35.5. The molecule has 1 saturated heterocycles. The largest absolute Gasteiger partial charge is 0.493 e. The number of ether oxygens (including phenoxy) is 2. The van der Waals surface area contributed by atoms with Crippen LogP contribution in [0.4, 0.5) is 5.82 Å². The van der Waals surface area contributed by atoms with Gasteiger partial charge < -0.3 is 19.3 Å². The van der Waals surface area contributed by atoms with Crippen molar-refractivity contribution in [2.45, 2.75) is 13.8 Å². The Labute approximate surface area is 179 Å². The summed E-state index contributed by atoms with van der Waals surface area (Å²) in [4.78, 5) is 25.6. The third-order valence-electron chi connectivity index (χ3n) is 5.02. The molecule has 1 aliphatic rings. The molecule has 158 valence electrons. The molecule has 0 atom stereocenters. The number of piperazine rings is 1. The van der Waals surface area contributed by atoms with E-state index >= 15 is 0 Å². The quantitative estimate of drug-likeness (QED) is 0.614. The van der Waals surface area contributed by atoms with E-state index in [2.05, 4.69) is 20.0 Å². The number of hydrogen-bond donors (Lipinski definition) is 0. The molecule has 3 heterocycles. The Bertz CT molecular complexity index is 1080. The lowest BCUT2D eigenvalue weighted by Crippen LogP contribution is -2.49. The van der Waals surface area contributed by atoms with Gasteiger partial charge in [0.05, 0.1) is 18.7 Å². The number of carbonyl (C=O) groups excluding carboxylic acids is 1. The Kier molecular flexibility index (Phi) is 5.63. The lowest BCUT2D eigenvalue weighted by molar-refractivity contribution is 0.0746. The number of benzene rings is 1. The summed E-state index contributed by atoms with van der Waals surface area (Å²) in [5.74, 6) is 2.31. The summed E-state index contributed by atoms with van der Waals surface area (Å²) >= 11 is 6.33. The molecular weight excluding hydrogens is 408 g/mol. The summed E-state index contributed by atoms with van der Waals surface area (Å²) in [6.45, 7) is 6.75. The minimum absolute atomic E-state index is 0.0882. The highest BCUT2D eigenvalue weighted by Crippen LogP contribution is 2.36. The van der Waals surface area contributed by atoms with E-state index in [-0.39, 0.29) is 5.91 Å². The molecule has 0 spiro atoms. The first-order valence-electron chi connectivity index (χ1n) is 9.73. The number of carbonyl (C=O) groups is 1. The van der Waals surface area contributed by atoms with Crippen LogP contribution in [-0.4, -0.2) is 70.3 Å². The second kappa shape index (κ2) is 8.35. The molecule has 0 aliphatic carbocycles. The van der Waals surface area contributed by atoms with Gasteiger partial charge in [0.2, 0.25) is 0 Å². The molecule has 3 aromatic rings. The molecule has 2 aromatic heterocycles. The second-order valence-electron chi connectivity index (χ2n) is 6.93. The number of nitrogens with zero attached hydrogens (tertiary/aromatic N) is 6. The molecular formula is C20H23ClN6O3. The average Bonchev–Trinajstić information content (AvgIpc) is 3.22. The monoisotopic (exact) mass is 430 g/mol. The summed E-state index contributed by atoms with van der Waals surface area (Å²) in [7, 11) is 1.53. The van der Waals surface area contributed by atoms with Gasteiger partial charge in [0, 0.05) is 43.5 Å². The van der Waals surface area contributed by atoms with E-state index in [0.29, 0.717) is 60.6 Å². The normalized spacial score (nSPS) is 14.3. The average molecular weight is 431 g/mol. The van der Waals surface area contributed by atoms with E-state index in [1.807, 2.05) is 24.8 Å². The van der Waals surface area contributed by atoms with Crippen molar-refractivity contribution < 1.29 is 14.3 Å². The Morgan fingerprint density at radius 1 is 1.20 bits per heavy atom. The zero-order valence-corrected chi connectivity index (χ0v) is 17.9. The molecule has 0 radical (unpaired) electrons. The maximum absolute atomic E-state index is 13.1. The van der Waals surface area contributed by atoms with Gasteiger partial charge in [-0.1, -0.05) is 11.6 Å². The van der Waals surface area contributed by atoms with E-state index in [9.17, 15) is 4.79 Å². The molecule has 1 aromatic carbocycles. The van der Waals surface area contributed by atoms with Gasteiger partial charge in [-0.15, -0.1) is 0 Å². The van der Waals surface area contributed by atoms with Gasteiger partial charge in [-0.05, 0) is 26.0 Å². The zero-order valence-electron chi connectivity index (χ0n) is 17.1. The van der Waals surface area contributed by atoms with Crippen molar-refractivity contribution in [1.82, 2.24) is 24.5 Å². The molecule has 9 nitrogen and oxygen atoms in total. The summed E-state index contributed by atoms with van der Waals surface area (Å²) in [5, 5.41) is 4.63.